The van der Waals surface area contributed by atoms with E-state index in [-0.39, 0.29) is 41.7 Å². The molecule has 184 valence electrons. The van der Waals surface area contributed by atoms with Gasteiger partial charge in [-0.2, -0.15) is 0 Å². The molecule has 2 aromatic heterocycles. The van der Waals surface area contributed by atoms with Gasteiger partial charge >= 0.3 is 0 Å². The van der Waals surface area contributed by atoms with Crippen LogP contribution in [-0.4, -0.2) is 70.2 Å². The molecule has 1 amide bonds. The fourth-order valence-electron chi connectivity index (χ4n) is 4.46. The number of amides is 1. The van der Waals surface area contributed by atoms with Crippen LogP contribution >= 0.6 is 11.3 Å². The Labute approximate surface area is 204 Å². The highest BCUT2D eigenvalue weighted by atomic mass is 32.1. The molecule has 1 saturated carbocycles. The largest absolute Gasteiger partial charge is 0.503 e. The second-order valence-corrected chi connectivity index (χ2v) is 9.83. The van der Waals surface area contributed by atoms with Crippen LogP contribution in [0, 0.1) is 5.82 Å². The first-order valence-corrected chi connectivity index (χ1v) is 12.1. The van der Waals surface area contributed by atoms with Crippen molar-refractivity contribution < 1.29 is 23.8 Å². The van der Waals surface area contributed by atoms with Crippen molar-refractivity contribution in [3.63, 3.8) is 0 Å². The van der Waals surface area contributed by atoms with Crippen LogP contribution in [0.15, 0.2) is 35.3 Å². The Morgan fingerprint density at radius 3 is 2.60 bits per heavy atom. The molecule has 1 N–H and O–H groups in total. The molecule has 2 atom stereocenters. The predicted molar refractivity (Wildman–Crippen MR) is 126 cm³/mol. The van der Waals surface area contributed by atoms with Crippen LogP contribution in [0.5, 0.6) is 5.75 Å². The van der Waals surface area contributed by atoms with Gasteiger partial charge in [-0.05, 0) is 30.5 Å². The average Bonchev–Trinajstić information content (AvgIpc) is 3.59. The van der Waals surface area contributed by atoms with Crippen LogP contribution in [0.4, 0.5) is 4.39 Å². The third-order valence-electron chi connectivity index (χ3n) is 6.43. The lowest BCUT2D eigenvalue weighted by molar-refractivity contribution is -0.0184. The van der Waals surface area contributed by atoms with Crippen molar-refractivity contribution in [1.82, 2.24) is 19.7 Å². The number of hydrogen-bond donors (Lipinski definition) is 1. The van der Waals surface area contributed by atoms with Crippen molar-refractivity contribution in [3.05, 3.63) is 62.8 Å². The first kappa shape index (κ1) is 23.6. The number of rotatable bonds is 8. The maximum atomic E-state index is 13.2. The molecule has 0 bridgehead atoms. The van der Waals surface area contributed by atoms with E-state index in [1.165, 1.54) is 23.5 Å². The van der Waals surface area contributed by atoms with Gasteiger partial charge in [-0.15, -0.1) is 10.2 Å². The van der Waals surface area contributed by atoms with Crippen LogP contribution in [0.25, 0.3) is 10.6 Å². The molecule has 35 heavy (non-hydrogen) atoms. The molecule has 1 aliphatic carbocycles. The van der Waals surface area contributed by atoms with Crippen molar-refractivity contribution in [2.45, 2.75) is 37.5 Å². The number of aromatic nitrogens is 3. The molecule has 11 heteroatoms. The Morgan fingerprint density at radius 1 is 1.20 bits per heavy atom. The molecule has 0 unspecified atom stereocenters. The van der Waals surface area contributed by atoms with E-state index in [2.05, 4.69) is 10.2 Å². The van der Waals surface area contributed by atoms with Crippen LogP contribution < -0.4 is 5.43 Å². The summed E-state index contributed by atoms with van der Waals surface area (Å²) in [6.07, 6.45) is 3.36. The topological polar surface area (TPSA) is 107 Å². The number of aromatic hydroxyl groups is 1. The standard InChI is InChI=1S/C24H25FN4O5S/c1-33-12-18(34-2)17-11-28(15-7-8-15)24(32)20-22(31)21(30)16(10-29(17)20)23-27-26-19(35-23)9-13-3-5-14(25)6-4-13/h3-6,10,15,17-18,31H,7-9,11-12H2,1-2H3/t17-,18-/m0/s1. The summed E-state index contributed by atoms with van der Waals surface area (Å²) in [5.41, 5.74) is 0.286. The van der Waals surface area contributed by atoms with Crippen molar-refractivity contribution in [2.24, 2.45) is 0 Å². The molecule has 2 aliphatic rings. The number of halogens is 1. The Balaban J connectivity index is 1.55. The molecule has 3 heterocycles. The van der Waals surface area contributed by atoms with Crippen LogP contribution in [-0.2, 0) is 15.9 Å². The van der Waals surface area contributed by atoms with Gasteiger partial charge in [0.2, 0.25) is 5.43 Å². The number of carbonyl (C=O) groups excluding carboxylic acids is 1. The third kappa shape index (κ3) is 4.46. The van der Waals surface area contributed by atoms with E-state index in [9.17, 15) is 19.1 Å². The summed E-state index contributed by atoms with van der Waals surface area (Å²) in [5, 5.41) is 20.2. The Kier molecular flexibility index (Phi) is 6.39. The lowest BCUT2D eigenvalue weighted by Gasteiger charge is -2.39. The summed E-state index contributed by atoms with van der Waals surface area (Å²) in [6.45, 7) is 0.655. The molecule has 0 saturated heterocycles. The number of pyridine rings is 1. The van der Waals surface area contributed by atoms with Crippen LogP contribution in [0.3, 0.4) is 0 Å². The molecule has 1 fully saturated rings. The Hall–Kier alpha value is -3.15. The summed E-state index contributed by atoms with van der Waals surface area (Å²) in [5.74, 6) is -1.30. The van der Waals surface area contributed by atoms with E-state index in [1.54, 1.807) is 42.0 Å². The van der Waals surface area contributed by atoms with Crippen LogP contribution in [0.2, 0.25) is 0 Å². The van der Waals surface area contributed by atoms with E-state index >= 15 is 0 Å². The molecule has 0 spiro atoms. The van der Waals surface area contributed by atoms with E-state index < -0.39 is 17.3 Å². The summed E-state index contributed by atoms with van der Waals surface area (Å²) in [4.78, 5) is 28.1. The Morgan fingerprint density at radius 2 is 1.94 bits per heavy atom. The highest BCUT2D eigenvalue weighted by Gasteiger charge is 2.44. The summed E-state index contributed by atoms with van der Waals surface area (Å²) < 4.78 is 25.8. The number of hydrogen-bond acceptors (Lipinski definition) is 8. The number of fused-ring (bicyclic) bond motifs is 1. The SMILES string of the molecule is COC[C@H](OC)[C@@H]1CN(C2CC2)C(=O)c2c(O)c(=O)c(-c3nnc(Cc4ccc(F)cc4)s3)cn21. The van der Waals surface area contributed by atoms with Crippen molar-refractivity contribution in [1.29, 1.82) is 0 Å². The lowest BCUT2D eigenvalue weighted by atomic mass is 10.0. The molecule has 5 rings (SSSR count). The molecule has 1 aromatic carbocycles. The number of methoxy groups -OCH3 is 2. The second-order valence-electron chi connectivity index (χ2n) is 8.77. The lowest BCUT2D eigenvalue weighted by Crippen LogP contribution is -2.50. The zero-order valence-corrected chi connectivity index (χ0v) is 20.1. The zero-order valence-electron chi connectivity index (χ0n) is 19.3. The normalized spacial score (nSPS) is 18.5. The molecular formula is C24H25FN4O5S. The van der Waals surface area contributed by atoms with Gasteiger partial charge in [0.05, 0.1) is 18.2 Å². The van der Waals surface area contributed by atoms with Crippen LogP contribution in [0.1, 0.15) is 39.9 Å². The fourth-order valence-corrected chi connectivity index (χ4v) is 5.34. The predicted octanol–water partition coefficient (Wildman–Crippen LogP) is 2.62. The van der Waals surface area contributed by atoms with Gasteiger partial charge in [-0.25, -0.2) is 4.39 Å². The van der Waals surface area contributed by atoms with Gasteiger partial charge in [0, 0.05) is 39.4 Å². The maximum Gasteiger partial charge on any atom is 0.274 e. The van der Waals surface area contributed by atoms with Gasteiger partial charge in [0.1, 0.15) is 16.9 Å². The van der Waals surface area contributed by atoms with Gasteiger partial charge in [0.25, 0.3) is 5.91 Å². The quantitative estimate of drug-likeness (QED) is 0.507. The van der Waals surface area contributed by atoms with Crippen molar-refractivity contribution in [2.75, 3.05) is 27.4 Å². The number of ether oxygens (including phenoxy) is 2. The number of nitrogens with zero attached hydrogens (tertiary/aromatic N) is 4. The highest BCUT2D eigenvalue weighted by molar-refractivity contribution is 7.14. The van der Waals surface area contributed by atoms with Crippen molar-refractivity contribution in [3.8, 4) is 16.3 Å². The minimum absolute atomic E-state index is 0.0453. The summed E-state index contributed by atoms with van der Waals surface area (Å²) >= 11 is 1.21. The molecule has 9 nitrogen and oxygen atoms in total. The van der Waals surface area contributed by atoms with E-state index in [0.717, 1.165) is 18.4 Å². The monoisotopic (exact) mass is 500 g/mol. The number of carbonyl (C=O) groups is 1. The minimum Gasteiger partial charge on any atom is -0.503 e. The third-order valence-corrected chi connectivity index (χ3v) is 7.39. The van der Waals surface area contributed by atoms with Gasteiger partial charge in [0.15, 0.2) is 16.5 Å². The smallest absolute Gasteiger partial charge is 0.274 e. The first-order valence-electron chi connectivity index (χ1n) is 11.3. The second kappa shape index (κ2) is 9.48. The fraction of sp³-hybridized carbons (Fsp3) is 0.417. The summed E-state index contributed by atoms with van der Waals surface area (Å²) in [6, 6.07) is 5.81. The van der Waals surface area contributed by atoms with E-state index in [4.69, 9.17) is 9.47 Å². The van der Waals surface area contributed by atoms with E-state index in [0.29, 0.717) is 23.0 Å². The summed E-state index contributed by atoms with van der Waals surface area (Å²) in [7, 11) is 3.13. The van der Waals surface area contributed by atoms with E-state index in [1.807, 2.05) is 0 Å². The molecule has 1 aliphatic heterocycles. The van der Waals surface area contributed by atoms with Gasteiger partial charge in [-0.3, -0.25) is 9.59 Å². The van der Waals surface area contributed by atoms with Gasteiger partial charge in [-0.1, -0.05) is 23.5 Å². The number of benzene rings is 1. The molecule has 3 aromatic rings. The zero-order chi connectivity index (χ0) is 24.7. The maximum absolute atomic E-state index is 13.2. The first-order chi connectivity index (χ1) is 16.9. The van der Waals surface area contributed by atoms with Crippen molar-refractivity contribution >= 4 is 17.2 Å². The average molecular weight is 501 g/mol. The minimum atomic E-state index is -0.675. The van der Waals surface area contributed by atoms with Gasteiger partial charge < -0.3 is 24.0 Å². The highest BCUT2D eigenvalue weighted by Crippen LogP contribution is 2.37. The molecular weight excluding hydrogens is 475 g/mol. The Bertz CT molecular complexity index is 1300. The molecule has 0 radical (unpaired) electrons.